The van der Waals surface area contributed by atoms with Crippen LogP contribution in [0.15, 0.2) is 60.2 Å². The van der Waals surface area contributed by atoms with E-state index in [1.807, 2.05) is 61.7 Å². The standard InChI is InChI=1S/C22H25N5O2S/c1-15(2)20(27-22(29)25-12-16-6-4-3-5-7-16)21(28)24-13-19-26-18(14-30-19)17-8-10-23-11-9-17/h3-11,14-15,20H,12-13H2,1-2H3,(H,24,28)(H2,25,27,29). The van der Waals surface area contributed by atoms with Gasteiger partial charge in [0.15, 0.2) is 0 Å². The van der Waals surface area contributed by atoms with Crippen LogP contribution in [-0.2, 0) is 17.9 Å². The highest BCUT2D eigenvalue weighted by molar-refractivity contribution is 7.09. The molecule has 0 aliphatic rings. The van der Waals surface area contributed by atoms with Crippen molar-refractivity contribution >= 4 is 23.3 Å². The van der Waals surface area contributed by atoms with Crippen molar-refractivity contribution in [2.45, 2.75) is 33.0 Å². The van der Waals surface area contributed by atoms with E-state index in [2.05, 4.69) is 25.9 Å². The van der Waals surface area contributed by atoms with Gasteiger partial charge in [0.25, 0.3) is 0 Å². The summed E-state index contributed by atoms with van der Waals surface area (Å²) in [6.07, 6.45) is 3.44. The van der Waals surface area contributed by atoms with E-state index in [1.54, 1.807) is 12.4 Å². The van der Waals surface area contributed by atoms with Crippen molar-refractivity contribution in [2.24, 2.45) is 5.92 Å². The summed E-state index contributed by atoms with van der Waals surface area (Å²) in [7, 11) is 0. The normalized spacial score (nSPS) is 11.7. The molecule has 3 amide bonds. The quantitative estimate of drug-likeness (QED) is 0.518. The summed E-state index contributed by atoms with van der Waals surface area (Å²) >= 11 is 1.48. The van der Waals surface area contributed by atoms with Gasteiger partial charge in [0.1, 0.15) is 11.0 Å². The van der Waals surface area contributed by atoms with Crippen LogP contribution in [0.5, 0.6) is 0 Å². The summed E-state index contributed by atoms with van der Waals surface area (Å²) in [6.45, 7) is 4.50. The van der Waals surface area contributed by atoms with Gasteiger partial charge in [-0.1, -0.05) is 44.2 Å². The first kappa shape index (κ1) is 21.4. The summed E-state index contributed by atoms with van der Waals surface area (Å²) in [4.78, 5) is 33.5. The number of rotatable bonds is 8. The molecular weight excluding hydrogens is 398 g/mol. The van der Waals surface area contributed by atoms with Gasteiger partial charge in [-0.25, -0.2) is 9.78 Å². The lowest BCUT2D eigenvalue weighted by Gasteiger charge is -2.21. The zero-order valence-electron chi connectivity index (χ0n) is 17.0. The number of nitrogens with zero attached hydrogens (tertiary/aromatic N) is 2. The lowest BCUT2D eigenvalue weighted by Crippen LogP contribution is -2.52. The predicted molar refractivity (Wildman–Crippen MR) is 118 cm³/mol. The minimum atomic E-state index is -0.639. The van der Waals surface area contributed by atoms with Crippen molar-refractivity contribution in [1.82, 2.24) is 25.9 Å². The summed E-state index contributed by atoms with van der Waals surface area (Å²) in [5.74, 6) is -0.295. The number of amides is 3. The Bertz CT molecular complexity index is 960. The predicted octanol–water partition coefficient (Wildman–Crippen LogP) is 3.35. The number of carbonyl (C=O) groups is 2. The van der Waals surface area contributed by atoms with Gasteiger partial charge in [0.2, 0.25) is 5.91 Å². The van der Waals surface area contributed by atoms with Crippen molar-refractivity contribution in [3.05, 3.63) is 70.8 Å². The summed E-state index contributed by atoms with van der Waals surface area (Å²) in [5, 5.41) is 11.2. The van der Waals surface area contributed by atoms with Crippen molar-refractivity contribution in [1.29, 1.82) is 0 Å². The smallest absolute Gasteiger partial charge is 0.315 e. The highest BCUT2D eigenvalue weighted by atomic mass is 32.1. The molecule has 0 radical (unpaired) electrons. The first-order chi connectivity index (χ1) is 14.5. The minimum Gasteiger partial charge on any atom is -0.348 e. The van der Waals surface area contributed by atoms with Crippen LogP contribution in [0.25, 0.3) is 11.3 Å². The number of urea groups is 1. The molecule has 0 bridgehead atoms. The second-order valence-electron chi connectivity index (χ2n) is 7.11. The van der Waals surface area contributed by atoms with E-state index in [0.29, 0.717) is 13.1 Å². The Morgan fingerprint density at radius 3 is 2.43 bits per heavy atom. The Kier molecular flexibility index (Phi) is 7.51. The molecular formula is C22H25N5O2S. The number of aromatic nitrogens is 2. The van der Waals surface area contributed by atoms with Crippen LogP contribution >= 0.6 is 11.3 Å². The Hall–Kier alpha value is -3.26. The molecule has 1 aromatic carbocycles. The molecule has 1 atom stereocenters. The highest BCUT2D eigenvalue weighted by Crippen LogP contribution is 2.21. The molecule has 0 aliphatic heterocycles. The van der Waals surface area contributed by atoms with Crippen LogP contribution in [0, 0.1) is 5.92 Å². The zero-order valence-corrected chi connectivity index (χ0v) is 17.8. The van der Waals surface area contributed by atoms with Crippen LogP contribution in [0.4, 0.5) is 4.79 Å². The monoisotopic (exact) mass is 423 g/mol. The van der Waals surface area contributed by atoms with Gasteiger partial charge in [-0.3, -0.25) is 9.78 Å². The molecule has 3 rings (SSSR count). The van der Waals surface area contributed by atoms with Crippen LogP contribution in [0.1, 0.15) is 24.4 Å². The highest BCUT2D eigenvalue weighted by Gasteiger charge is 2.24. The van der Waals surface area contributed by atoms with Crippen molar-refractivity contribution in [2.75, 3.05) is 0 Å². The maximum Gasteiger partial charge on any atom is 0.315 e. The topological polar surface area (TPSA) is 96.0 Å². The molecule has 0 aliphatic carbocycles. The molecule has 1 unspecified atom stereocenters. The lowest BCUT2D eigenvalue weighted by molar-refractivity contribution is -0.124. The van der Waals surface area contributed by atoms with E-state index in [-0.39, 0.29) is 17.9 Å². The first-order valence-corrected chi connectivity index (χ1v) is 10.6. The number of pyridine rings is 1. The van der Waals surface area contributed by atoms with Crippen LogP contribution in [0.2, 0.25) is 0 Å². The fourth-order valence-corrected chi connectivity index (χ4v) is 3.57. The van der Waals surface area contributed by atoms with E-state index in [9.17, 15) is 9.59 Å². The average molecular weight is 424 g/mol. The number of carbonyl (C=O) groups excluding carboxylic acids is 2. The molecule has 3 aromatic rings. The fraction of sp³-hybridized carbons (Fsp3) is 0.273. The van der Waals surface area contributed by atoms with Crippen molar-refractivity contribution < 1.29 is 9.59 Å². The van der Waals surface area contributed by atoms with Crippen LogP contribution in [0.3, 0.4) is 0 Å². The SMILES string of the molecule is CC(C)C(NC(=O)NCc1ccccc1)C(=O)NCc1nc(-c2ccncc2)cs1. The largest absolute Gasteiger partial charge is 0.348 e. The molecule has 156 valence electrons. The molecule has 0 spiro atoms. The molecule has 0 fully saturated rings. The van der Waals surface area contributed by atoms with Crippen LogP contribution < -0.4 is 16.0 Å². The third-order valence-electron chi connectivity index (χ3n) is 4.47. The van der Waals surface area contributed by atoms with E-state index in [4.69, 9.17) is 0 Å². The van der Waals surface area contributed by atoms with Crippen molar-refractivity contribution in [3.8, 4) is 11.3 Å². The van der Waals surface area contributed by atoms with Gasteiger partial charge in [0, 0.05) is 29.9 Å². The Balaban J connectivity index is 1.51. The van der Waals surface area contributed by atoms with Gasteiger partial charge in [0.05, 0.1) is 12.2 Å². The first-order valence-electron chi connectivity index (χ1n) is 9.73. The number of hydrogen-bond donors (Lipinski definition) is 3. The van der Waals surface area contributed by atoms with Gasteiger partial charge in [-0.05, 0) is 23.6 Å². The maximum atomic E-state index is 12.7. The fourth-order valence-electron chi connectivity index (χ4n) is 2.83. The molecule has 8 heteroatoms. The minimum absolute atomic E-state index is 0.0591. The third kappa shape index (κ3) is 6.12. The number of hydrogen-bond acceptors (Lipinski definition) is 5. The molecule has 7 nitrogen and oxygen atoms in total. The second-order valence-corrected chi connectivity index (χ2v) is 8.06. The second kappa shape index (κ2) is 10.5. The number of thiazole rings is 1. The molecule has 30 heavy (non-hydrogen) atoms. The van der Waals surface area contributed by atoms with Gasteiger partial charge >= 0.3 is 6.03 Å². The lowest BCUT2D eigenvalue weighted by atomic mass is 10.0. The van der Waals surface area contributed by atoms with Crippen molar-refractivity contribution in [3.63, 3.8) is 0 Å². The van der Waals surface area contributed by atoms with Gasteiger partial charge in [-0.15, -0.1) is 11.3 Å². The number of benzene rings is 1. The Morgan fingerprint density at radius 2 is 1.73 bits per heavy atom. The molecule has 3 N–H and O–H groups in total. The Labute approximate surface area is 180 Å². The van der Waals surface area contributed by atoms with E-state index < -0.39 is 6.04 Å². The maximum absolute atomic E-state index is 12.7. The van der Waals surface area contributed by atoms with Crippen LogP contribution in [-0.4, -0.2) is 27.9 Å². The van der Waals surface area contributed by atoms with E-state index >= 15 is 0 Å². The third-order valence-corrected chi connectivity index (χ3v) is 5.32. The molecule has 0 saturated heterocycles. The Morgan fingerprint density at radius 1 is 1.00 bits per heavy atom. The average Bonchev–Trinajstić information content (AvgIpc) is 3.24. The molecule has 0 saturated carbocycles. The number of nitrogens with one attached hydrogen (secondary N) is 3. The van der Waals surface area contributed by atoms with E-state index in [1.165, 1.54) is 11.3 Å². The molecule has 2 heterocycles. The summed E-state index contributed by atoms with van der Waals surface area (Å²) in [6, 6.07) is 12.4. The van der Waals surface area contributed by atoms with Gasteiger partial charge < -0.3 is 16.0 Å². The van der Waals surface area contributed by atoms with Gasteiger partial charge in [-0.2, -0.15) is 0 Å². The molecule has 2 aromatic heterocycles. The summed E-state index contributed by atoms with van der Waals surface area (Å²) < 4.78 is 0. The zero-order chi connectivity index (χ0) is 21.3. The summed E-state index contributed by atoms with van der Waals surface area (Å²) in [5.41, 5.74) is 2.83. The van der Waals surface area contributed by atoms with E-state index in [0.717, 1.165) is 21.8 Å².